The minimum absolute atomic E-state index is 0.00579. The van der Waals surface area contributed by atoms with E-state index in [4.69, 9.17) is 14.2 Å². The lowest BCUT2D eigenvalue weighted by Crippen LogP contribution is -2.63. The highest BCUT2D eigenvalue weighted by Crippen LogP contribution is 2.41. The van der Waals surface area contributed by atoms with Gasteiger partial charge in [-0.05, 0) is 18.2 Å². The molecule has 22 heavy (non-hydrogen) atoms. The molecular weight excluding hydrogens is 296 g/mol. The van der Waals surface area contributed by atoms with Crippen molar-refractivity contribution in [3.63, 3.8) is 0 Å². The van der Waals surface area contributed by atoms with Crippen LogP contribution < -0.4 is 9.47 Å². The van der Waals surface area contributed by atoms with Crippen molar-refractivity contribution in [2.45, 2.75) is 30.2 Å². The number of methoxy groups -OCH3 is 2. The van der Waals surface area contributed by atoms with Crippen molar-refractivity contribution in [1.29, 1.82) is 0 Å². The summed E-state index contributed by atoms with van der Waals surface area (Å²) in [6.45, 7) is -0.653. The van der Waals surface area contributed by atoms with E-state index in [2.05, 4.69) is 0 Å². The van der Waals surface area contributed by atoms with E-state index in [-0.39, 0.29) is 11.3 Å². The molecule has 0 saturated carbocycles. The lowest BCUT2D eigenvalue weighted by atomic mass is 9.87. The summed E-state index contributed by atoms with van der Waals surface area (Å²) in [4.78, 5) is 0. The van der Waals surface area contributed by atoms with E-state index in [0.717, 1.165) is 0 Å². The smallest absolute Gasteiger partial charge is 0.226 e. The van der Waals surface area contributed by atoms with Crippen molar-refractivity contribution in [2.24, 2.45) is 0 Å². The van der Waals surface area contributed by atoms with Crippen LogP contribution in [0.1, 0.15) is 5.56 Å². The second-order valence-electron chi connectivity index (χ2n) is 5.03. The lowest BCUT2D eigenvalue weighted by Gasteiger charge is -2.45. The zero-order chi connectivity index (χ0) is 16.5. The van der Waals surface area contributed by atoms with E-state index in [1.54, 1.807) is 6.07 Å². The maximum Gasteiger partial charge on any atom is 0.226 e. The van der Waals surface area contributed by atoms with Crippen LogP contribution in [-0.4, -0.2) is 70.8 Å². The molecule has 0 unspecified atom stereocenters. The van der Waals surface area contributed by atoms with Crippen LogP contribution in [0.2, 0.25) is 0 Å². The third kappa shape index (κ3) is 2.65. The zero-order valence-electron chi connectivity index (χ0n) is 12.2. The fraction of sp³-hybridized carbons (Fsp3) is 0.571. The molecule has 0 spiro atoms. The Kier molecular flexibility index (Phi) is 4.90. The van der Waals surface area contributed by atoms with Crippen LogP contribution in [-0.2, 0) is 10.5 Å². The Balaban J connectivity index is 2.52. The monoisotopic (exact) mass is 316 g/mol. The van der Waals surface area contributed by atoms with E-state index < -0.39 is 36.8 Å². The van der Waals surface area contributed by atoms with Crippen molar-refractivity contribution >= 4 is 0 Å². The predicted octanol–water partition coefficient (Wildman–Crippen LogP) is -1.68. The fourth-order valence-corrected chi connectivity index (χ4v) is 2.47. The molecule has 1 aliphatic rings. The maximum atomic E-state index is 10.7. The second kappa shape index (κ2) is 6.37. The summed E-state index contributed by atoms with van der Waals surface area (Å²) in [5, 5.41) is 49.8. The van der Waals surface area contributed by atoms with Gasteiger partial charge in [0.2, 0.25) is 5.79 Å². The zero-order valence-corrected chi connectivity index (χ0v) is 12.2. The number of ether oxygens (including phenoxy) is 3. The first-order valence-electron chi connectivity index (χ1n) is 6.66. The number of benzene rings is 1. The molecule has 0 amide bonds. The maximum absolute atomic E-state index is 10.7. The first kappa shape index (κ1) is 16.9. The second-order valence-corrected chi connectivity index (χ2v) is 5.03. The van der Waals surface area contributed by atoms with Gasteiger partial charge in [0.05, 0.1) is 26.4 Å². The summed E-state index contributed by atoms with van der Waals surface area (Å²) in [5.74, 6) is -1.84. The van der Waals surface area contributed by atoms with E-state index >= 15 is 0 Å². The molecule has 1 saturated heterocycles. The molecule has 1 aromatic carbocycles. The highest BCUT2D eigenvalue weighted by Gasteiger charge is 2.54. The van der Waals surface area contributed by atoms with E-state index in [9.17, 15) is 25.5 Å². The summed E-state index contributed by atoms with van der Waals surface area (Å²) in [5.41, 5.74) is 0.00579. The molecule has 1 aromatic rings. The van der Waals surface area contributed by atoms with E-state index in [1.165, 1.54) is 26.4 Å². The third-order valence-corrected chi connectivity index (χ3v) is 3.76. The van der Waals surface area contributed by atoms with Gasteiger partial charge in [0.25, 0.3) is 0 Å². The van der Waals surface area contributed by atoms with Crippen LogP contribution in [0, 0.1) is 0 Å². The van der Waals surface area contributed by atoms with Gasteiger partial charge < -0.3 is 39.7 Å². The van der Waals surface area contributed by atoms with Gasteiger partial charge in [-0.1, -0.05) is 0 Å². The molecule has 0 bridgehead atoms. The van der Waals surface area contributed by atoms with Crippen LogP contribution in [0.3, 0.4) is 0 Å². The Morgan fingerprint density at radius 1 is 1.14 bits per heavy atom. The van der Waals surface area contributed by atoms with Crippen molar-refractivity contribution < 1.29 is 39.7 Å². The predicted molar refractivity (Wildman–Crippen MR) is 73.4 cm³/mol. The molecule has 5 atom stereocenters. The number of rotatable bonds is 4. The van der Waals surface area contributed by atoms with E-state index in [0.29, 0.717) is 5.75 Å². The first-order valence-corrected chi connectivity index (χ1v) is 6.66. The Morgan fingerprint density at radius 3 is 2.36 bits per heavy atom. The minimum Gasteiger partial charge on any atom is -0.497 e. The van der Waals surface area contributed by atoms with Gasteiger partial charge in [-0.2, -0.15) is 0 Å². The average Bonchev–Trinajstić information content (AvgIpc) is 2.55. The Labute approximate surface area is 127 Å². The quantitative estimate of drug-likeness (QED) is 0.446. The molecule has 8 heteroatoms. The molecule has 8 nitrogen and oxygen atoms in total. The summed E-state index contributed by atoms with van der Waals surface area (Å²) in [7, 11) is 2.78. The Hall–Kier alpha value is -1.42. The van der Waals surface area contributed by atoms with Gasteiger partial charge in [0.15, 0.2) is 0 Å². The van der Waals surface area contributed by atoms with Gasteiger partial charge in [0, 0.05) is 0 Å². The third-order valence-electron chi connectivity index (χ3n) is 3.76. The SMILES string of the molecule is COc1ccc(OC)c([C@@]2(O)O[C@H](CO)[C@H](O)[C@H](O)[C@H]2O)c1. The molecular formula is C14H20O8. The molecule has 1 fully saturated rings. The van der Waals surface area contributed by atoms with Crippen molar-refractivity contribution in [3.05, 3.63) is 23.8 Å². The molecule has 0 aliphatic carbocycles. The summed E-state index contributed by atoms with van der Waals surface area (Å²) in [6.07, 6.45) is -6.39. The summed E-state index contributed by atoms with van der Waals surface area (Å²) < 4.78 is 15.4. The molecule has 1 aliphatic heterocycles. The molecule has 5 N–H and O–H groups in total. The molecule has 1 heterocycles. The molecule has 124 valence electrons. The number of aliphatic hydroxyl groups excluding tert-OH is 4. The first-order chi connectivity index (χ1) is 10.4. The van der Waals surface area contributed by atoms with Gasteiger partial charge in [0.1, 0.15) is 35.9 Å². The van der Waals surface area contributed by atoms with Crippen LogP contribution in [0.15, 0.2) is 18.2 Å². The fourth-order valence-electron chi connectivity index (χ4n) is 2.47. The van der Waals surface area contributed by atoms with Gasteiger partial charge in [-0.3, -0.25) is 0 Å². The van der Waals surface area contributed by atoms with Crippen LogP contribution in [0.25, 0.3) is 0 Å². The van der Waals surface area contributed by atoms with Crippen LogP contribution in [0.5, 0.6) is 11.5 Å². The Morgan fingerprint density at radius 2 is 1.82 bits per heavy atom. The standard InChI is InChI=1S/C14H20O8/c1-20-7-3-4-9(21-2)8(5-7)14(19)13(18)12(17)11(16)10(6-15)22-14/h3-5,10-13,15-19H,6H2,1-2H3/t10-,11+,12+,13-,14-/m1/s1. The lowest BCUT2D eigenvalue weighted by molar-refractivity contribution is -0.358. The van der Waals surface area contributed by atoms with Crippen molar-refractivity contribution in [2.75, 3.05) is 20.8 Å². The van der Waals surface area contributed by atoms with Gasteiger partial charge >= 0.3 is 0 Å². The number of hydrogen-bond acceptors (Lipinski definition) is 8. The molecule has 2 rings (SSSR count). The van der Waals surface area contributed by atoms with Crippen LogP contribution in [0.4, 0.5) is 0 Å². The van der Waals surface area contributed by atoms with Crippen molar-refractivity contribution in [1.82, 2.24) is 0 Å². The number of hydrogen-bond donors (Lipinski definition) is 5. The van der Waals surface area contributed by atoms with Gasteiger partial charge in [-0.25, -0.2) is 0 Å². The Bertz CT molecular complexity index is 520. The average molecular weight is 316 g/mol. The summed E-state index contributed by atoms with van der Waals surface area (Å²) in [6, 6.07) is 4.45. The van der Waals surface area contributed by atoms with Crippen molar-refractivity contribution in [3.8, 4) is 11.5 Å². The largest absolute Gasteiger partial charge is 0.497 e. The summed E-state index contributed by atoms with van der Waals surface area (Å²) >= 11 is 0. The highest BCUT2D eigenvalue weighted by molar-refractivity contribution is 5.44. The topological polar surface area (TPSA) is 129 Å². The minimum atomic E-state index is -2.38. The van der Waals surface area contributed by atoms with Crippen LogP contribution >= 0.6 is 0 Å². The van der Waals surface area contributed by atoms with E-state index in [1.807, 2.05) is 0 Å². The molecule has 0 aromatic heterocycles. The highest BCUT2D eigenvalue weighted by atomic mass is 16.7. The number of aliphatic hydroxyl groups is 5. The normalized spacial score (nSPS) is 35.2. The van der Waals surface area contributed by atoms with Gasteiger partial charge in [-0.15, -0.1) is 0 Å². The molecule has 0 radical (unpaired) electrons.